The van der Waals surface area contributed by atoms with Crippen molar-refractivity contribution in [3.05, 3.63) is 0 Å². The van der Waals surface area contributed by atoms with Crippen molar-refractivity contribution in [1.82, 2.24) is 10.2 Å². The Morgan fingerprint density at radius 2 is 2.44 bits per heavy atom. The minimum atomic E-state index is 0.0252. The molecule has 2 rings (SSSR count). The molecule has 16 heavy (non-hydrogen) atoms. The fourth-order valence-electron chi connectivity index (χ4n) is 2.54. The van der Waals surface area contributed by atoms with E-state index in [9.17, 15) is 4.79 Å². The van der Waals surface area contributed by atoms with Crippen molar-refractivity contribution >= 4 is 6.03 Å². The summed E-state index contributed by atoms with van der Waals surface area (Å²) in [4.78, 5) is 13.8. The van der Waals surface area contributed by atoms with E-state index in [0.29, 0.717) is 26.3 Å². The van der Waals surface area contributed by atoms with Crippen molar-refractivity contribution in [2.45, 2.75) is 31.4 Å². The molecule has 0 aromatic rings. The van der Waals surface area contributed by atoms with Crippen molar-refractivity contribution in [3.63, 3.8) is 0 Å². The topological polar surface area (TPSA) is 50.8 Å². The summed E-state index contributed by atoms with van der Waals surface area (Å²) in [5.41, 5.74) is 0. The molecule has 1 N–H and O–H groups in total. The molecule has 0 radical (unpaired) electrons. The molecule has 2 aliphatic rings. The van der Waals surface area contributed by atoms with E-state index in [1.807, 2.05) is 4.90 Å². The van der Waals surface area contributed by atoms with E-state index in [4.69, 9.17) is 9.47 Å². The van der Waals surface area contributed by atoms with E-state index in [2.05, 4.69) is 5.32 Å². The van der Waals surface area contributed by atoms with Gasteiger partial charge in [-0.2, -0.15) is 0 Å². The summed E-state index contributed by atoms with van der Waals surface area (Å²) < 4.78 is 10.6. The summed E-state index contributed by atoms with van der Waals surface area (Å²) in [6, 6.07) is 0.313. The Bertz CT molecular complexity index is 247. The number of fused-ring (bicyclic) bond motifs is 1. The van der Waals surface area contributed by atoms with Crippen LogP contribution in [0.3, 0.4) is 0 Å². The van der Waals surface area contributed by atoms with Crippen molar-refractivity contribution < 1.29 is 14.3 Å². The average molecular weight is 228 g/mol. The number of morpholine rings is 1. The van der Waals surface area contributed by atoms with Crippen LogP contribution < -0.4 is 5.32 Å². The van der Waals surface area contributed by atoms with Crippen molar-refractivity contribution in [2.75, 3.05) is 33.4 Å². The molecule has 1 saturated carbocycles. The van der Waals surface area contributed by atoms with Gasteiger partial charge in [-0.1, -0.05) is 0 Å². The maximum Gasteiger partial charge on any atom is 0.317 e. The molecule has 1 heterocycles. The molecule has 0 spiro atoms. The summed E-state index contributed by atoms with van der Waals surface area (Å²) >= 11 is 0. The van der Waals surface area contributed by atoms with E-state index in [-0.39, 0.29) is 18.2 Å². The van der Waals surface area contributed by atoms with E-state index >= 15 is 0 Å². The smallest absolute Gasteiger partial charge is 0.317 e. The number of ether oxygens (including phenoxy) is 2. The fourth-order valence-corrected chi connectivity index (χ4v) is 2.54. The molecule has 2 atom stereocenters. The number of carbonyl (C=O) groups is 1. The number of rotatable bonds is 3. The molecule has 2 amide bonds. The van der Waals surface area contributed by atoms with Gasteiger partial charge in [-0.15, -0.1) is 0 Å². The highest BCUT2D eigenvalue weighted by molar-refractivity contribution is 5.74. The zero-order valence-corrected chi connectivity index (χ0v) is 9.78. The molecule has 5 heteroatoms. The van der Waals surface area contributed by atoms with Crippen LogP contribution >= 0.6 is 0 Å². The Hall–Kier alpha value is -0.810. The van der Waals surface area contributed by atoms with Crippen LogP contribution in [0.15, 0.2) is 0 Å². The first-order valence-corrected chi connectivity index (χ1v) is 5.98. The van der Waals surface area contributed by atoms with Gasteiger partial charge in [-0.3, -0.25) is 0 Å². The summed E-state index contributed by atoms with van der Waals surface area (Å²) in [5, 5.41) is 2.87. The van der Waals surface area contributed by atoms with E-state index in [1.165, 1.54) is 0 Å². The molecule has 0 aromatic heterocycles. The molecule has 2 unspecified atom stereocenters. The van der Waals surface area contributed by atoms with Crippen LogP contribution in [0.25, 0.3) is 0 Å². The van der Waals surface area contributed by atoms with Crippen LogP contribution in [0.5, 0.6) is 0 Å². The van der Waals surface area contributed by atoms with Crippen molar-refractivity contribution in [1.29, 1.82) is 0 Å². The molecule has 1 saturated heterocycles. The number of carbonyl (C=O) groups excluding carboxylic acids is 1. The Kier molecular flexibility index (Phi) is 4.01. The highest BCUT2D eigenvalue weighted by Crippen LogP contribution is 2.29. The fraction of sp³-hybridized carbons (Fsp3) is 0.909. The van der Waals surface area contributed by atoms with Crippen LogP contribution in [-0.4, -0.2) is 56.5 Å². The molecule has 0 aromatic carbocycles. The SMILES string of the molecule is COCCNC(=O)N1CCOC2CCCC21. The van der Waals surface area contributed by atoms with Gasteiger partial charge in [-0.05, 0) is 19.3 Å². The first-order chi connectivity index (χ1) is 7.83. The van der Waals surface area contributed by atoms with Gasteiger partial charge in [0.15, 0.2) is 0 Å². The van der Waals surface area contributed by atoms with Crippen molar-refractivity contribution in [3.8, 4) is 0 Å². The summed E-state index contributed by atoms with van der Waals surface area (Å²) in [5.74, 6) is 0. The number of amides is 2. The first-order valence-electron chi connectivity index (χ1n) is 5.98. The zero-order valence-electron chi connectivity index (χ0n) is 9.78. The Morgan fingerprint density at radius 1 is 1.56 bits per heavy atom. The normalized spacial score (nSPS) is 28.9. The summed E-state index contributed by atoms with van der Waals surface area (Å²) in [7, 11) is 1.63. The number of hydrogen-bond acceptors (Lipinski definition) is 3. The lowest BCUT2D eigenvalue weighted by Gasteiger charge is -2.37. The zero-order chi connectivity index (χ0) is 11.4. The standard InChI is InChI=1S/C11H20N2O3/c1-15-7-5-12-11(14)13-6-8-16-10-4-2-3-9(10)13/h9-10H,2-8H2,1H3,(H,12,14). The monoisotopic (exact) mass is 228 g/mol. The highest BCUT2D eigenvalue weighted by Gasteiger charge is 2.38. The van der Waals surface area contributed by atoms with Crippen LogP contribution in [0, 0.1) is 0 Å². The van der Waals surface area contributed by atoms with Gasteiger partial charge >= 0.3 is 6.03 Å². The number of methoxy groups -OCH3 is 1. The maximum absolute atomic E-state index is 11.9. The molecule has 5 nitrogen and oxygen atoms in total. The van der Waals surface area contributed by atoms with Gasteiger partial charge in [0.1, 0.15) is 0 Å². The second-order valence-corrected chi connectivity index (χ2v) is 4.33. The molecule has 2 fully saturated rings. The van der Waals surface area contributed by atoms with Crippen molar-refractivity contribution in [2.24, 2.45) is 0 Å². The van der Waals surface area contributed by atoms with Crippen LogP contribution in [0.1, 0.15) is 19.3 Å². The number of urea groups is 1. The third-order valence-electron chi connectivity index (χ3n) is 3.33. The number of hydrogen-bond donors (Lipinski definition) is 1. The van der Waals surface area contributed by atoms with Crippen LogP contribution in [-0.2, 0) is 9.47 Å². The Morgan fingerprint density at radius 3 is 3.25 bits per heavy atom. The van der Waals surface area contributed by atoms with E-state index in [0.717, 1.165) is 19.3 Å². The lowest BCUT2D eigenvalue weighted by Crippen LogP contribution is -2.54. The molecule has 1 aliphatic heterocycles. The minimum Gasteiger partial charge on any atom is -0.383 e. The number of nitrogens with one attached hydrogen (secondary N) is 1. The Labute approximate surface area is 96.1 Å². The lowest BCUT2D eigenvalue weighted by atomic mass is 10.1. The van der Waals surface area contributed by atoms with E-state index < -0.39 is 0 Å². The minimum absolute atomic E-state index is 0.0252. The van der Waals surface area contributed by atoms with Gasteiger partial charge in [0.2, 0.25) is 0 Å². The predicted octanol–water partition coefficient (Wildman–Crippen LogP) is 0.596. The van der Waals surface area contributed by atoms with Gasteiger partial charge < -0.3 is 19.7 Å². The molecule has 1 aliphatic carbocycles. The molecular weight excluding hydrogens is 208 g/mol. The van der Waals surface area contributed by atoms with Gasteiger partial charge in [-0.25, -0.2) is 4.79 Å². The maximum atomic E-state index is 11.9. The molecular formula is C11H20N2O3. The summed E-state index contributed by atoms with van der Waals surface area (Å²) in [6.45, 7) is 2.51. The highest BCUT2D eigenvalue weighted by atomic mass is 16.5. The molecule has 92 valence electrons. The predicted molar refractivity (Wildman–Crippen MR) is 59.4 cm³/mol. The second kappa shape index (κ2) is 5.50. The number of nitrogens with zero attached hydrogens (tertiary/aromatic N) is 1. The third kappa shape index (κ3) is 2.47. The van der Waals surface area contributed by atoms with Gasteiger partial charge in [0, 0.05) is 20.2 Å². The largest absolute Gasteiger partial charge is 0.383 e. The first kappa shape index (κ1) is 11.7. The Balaban J connectivity index is 1.84. The summed E-state index contributed by atoms with van der Waals surface area (Å²) in [6.07, 6.45) is 3.59. The second-order valence-electron chi connectivity index (χ2n) is 4.33. The van der Waals surface area contributed by atoms with Crippen LogP contribution in [0.2, 0.25) is 0 Å². The van der Waals surface area contributed by atoms with Gasteiger partial charge in [0.05, 0.1) is 25.4 Å². The van der Waals surface area contributed by atoms with E-state index in [1.54, 1.807) is 7.11 Å². The average Bonchev–Trinajstić information content (AvgIpc) is 2.76. The molecule has 0 bridgehead atoms. The van der Waals surface area contributed by atoms with Crippen LogP contribution in [0.4, 0.5) is 4.79 Å². The lowest BCUT2D eigenvalue weighted by molar-refractivity contribution is -0.0383. The van der Waals surface area contributed by atoms with Gasteiger partial charge in [0.25, 0.3) is 0 Å². The third-order valence-corrected chi connectivity index (χ3v) is 3.33. The quantitative estimate of drug-likeness (QED) is 0.719.